The maximum atomic E-state index is 8.91. The molecule has 4 heteroatoms. The van der Waals surface area contributed by atoms with Crippen molar-refractivity contribution in [2.24, 2.45) is 5.41 Å². The zero-order valence-electron chi connectivity index (χ0n) is 6.09. The van der Waals surface area contributed by atoms with E-state index in [9.17, 15) is 0 Å². The minimum atomic E-state index is 0. The first-order valence-corrected chi connectivity index (χ1v) is 4.53. The van der Waals surface area contributed by atoms with Gasteiger partial charge in [-0.25, -0.2) is 0 Å². The number of aliphatic hydroxyl groups excluding tert-OH is 1. The number of rotatable bonds is 3. The largest absolute Gasteiger partial charge is 0.396 e. The van der Waals surface area contributed by atoms with E-state index in [-0.39, 0.29) is 17.8 Å². The van der Waals surface area contributed by atoms with Gasteiger partial charge in [-0.3, -0.25) is 0 Å². The molecular formula is C6H14ClNOS. The number of nitrogens with one attached hydrogen (secondary N) is 1. The van der Waals surface area contributed by atoms with Gasteiger partial charge in [0, 0.05) is 24.3 Å². The second-order valence-corrected chi connectivity index (χ2v) is 3.56. The number of halogens is 1. The van der Waals surface area contributed by atoms with E-state index in [0.29, 0.717) is 6.61 Å². The number of thioether (sulfide) groups is 1. The molecule has 0 spiro atoms. The molecule has 10 heavy (non-hydrogen) atoms. The molecule has 0 radical (unpaired) electrons. The van der Waals surface area contributed by atoms with Crippen LogP contribution in [0.4, 0.5) is 0 Å². The van der Waals surface area contributed by atoms with Crippen LogP contribution >= 0.6 is 24.2 Å². The minimum absolute atomic E-state index is 0. The van der Waals surface area contributed by atoms with Gasteiger partial charge in [0.25, 0.3) is 0 Å². The molecule has 0 aromatic rings. The summed E-state index contributed by atoms with van der Waals surface area (Å²) < 4.78 is 0. The van der Waals surface area contributed by atoms with Crippen LogP contribution in [0.25, 0.3) is 0 Å². The van der Waals surface area contributed by atoms with Gasteiger partial charge in [0.15, 0.2) is 0 Å². The molecule has 0 bridgehead atoms. The highest BCUT2D eigenvalue weighted by Crippen LogP contribution is 2.25. The summed E-state index contributed by atoms with van der Waals surface area (Å²) in [5.41, 5.74) is 0.222. The van der Waals surface area contributed by atoms with Crippen molar-refractivity contribution >= 4 is 24.2 Å². The molecule has 0 aliphatic carbocycles. The predicted octanol–water partition coefficient (Wildman–Crippen LogP) is 0.353. The highest BCUT2D eigenvalue weighted by Gasteiger charge is 2.35. The molecule has 2 nitrogen and oxygen atoms in total. The van der Waals surface area contributed by atoms with Crippen LogP contribution in [0.15, 0.2) is 0 Å². The van der Waals surface area contributed by atoms with Crippen LogP contribution in [0, 0.1) is 5.41 Å². The number of hydrogen-bond donors (Lipinski definition) is 2. The summed E-state index contributed by atoms with van der Waals surface area (Å²) in [4.78, 5) is 0. The Kier molecular flexibility index (Phi) is 4.69. The summed E-state index contributed by atoms with van der Waals surface area (Å²) >= 11 is 1.81. The lowest BCUT2D eigenvalue weighted by Gasteiger charge is -2.40. The molecule has 62 valence electrons. The Hall–Kier alpha value is 0.560. The molecule has 0 atom stereocenters. The van der Waals surface area contributed by atoms with Crippen molar-refractivity contribution in [3.8, 4) is 0 Å². The monoisotopic (exact) mass is 183 g/mol. The van der Waals surface area contributed by atoms with Gasteiger partial charge in [0.2, 0.25) is 0 Å². The van der Waals surface area contributed by atoms with Gasteiger partial charge < -0.3 is 10.4 Å². The van der Waals surface area contributed by atoms with E-state index < -0.39 is 0 Å². The van der Waals surface area contributed by atoms with Gasteiger partial charge >= 0.3 is 0 Å². The fourth-order valence-electron chi connectivity index (χ4n) is 1.04. The van der Waals surface area contributed by atoms with E-state index in [0.717, 1.165) is 18.8 Å². The molecule has 1 aliphatic rings. The van der Waals surface area contributed by atoms with Crippen LogP contribution in [-0.4, -0.2) is 36.8 Å². The van der Waals surface area contributed by atoms with Crippen LogP contribution in [0.1, 0.15) is 0 Å². The Morgan fingerprint density at radius 2 is 2.20 bits per heavy atom. The van der Waals surface area contributed by atoms with E-state index in [1.165, 1.54) is 0 Å². The SMILES string of the molecule is CSCC1(CO)CNC1.Cl. The van der Waals surface area contributed by atoms with E-state index in [2.05, 4.69) is 11.6 Å². The van der Waals surface area contributed by atoms with Gasteiger partial charge in [-0.15, -0.1) is 12.4 Å². The first-order valence-electron chi connectivity index (χ1n) is 3.13. The maximum Gasteiger partial charge on any atom is 0.0519 e. The number of hydrogen-bond acceptors (Lipinski definition) is 3. The first kappa shape index (κ1) is 10.6. The predicted molar refractivity (Wildman–Crippen MR) is 48.0 cm³/mol. The number of aliphatic hydroxyl groups is 1. The molecule has 0 unspecified atom stereocenters. The fourth-order valence-corrected chi connectivity index (χ4v) is 1.95. The minimum Gasteiger partial charge on any atom is -0.396 e. The second kappa shape index (κ2) is 4.44. The van der Waals surface area contributed by atoms with Gasteiger partial charge in [-0.1, -0.05) is 0 Å². The highest BCUT2D eigenvalue weighted by atomic mass is 35.5. The molecule has 1 heterocycles. The Balaban J connectivity index is 0.000000810. The molecule has 1 rings (SSSR count). The van der Waals surface area contributed by atoms with Crippen molar-refractivity contribution in [1.82, 2.24) is 5.32 Å². The summed E-state index contributed by atoms with van der Waals surface area (Å²) in [6, 6.07) is 0. The molecule has 0 aromatic heterocycles. The molecule has 1 fully saturated rings. The van der Waals surface area contributed by atoms with Crippen molar-refractivity contribution in [3.05, 3.63) is 0 Å². The van der Waals surface area contributed by atoms with Crippen molar-refractivity contribution in [1.29, 1.82) is 0 Å². The average molecular weight is 184 g/mol. The van der Waals surface area contributed by atoms with Crippen LogP contribution in [0.2, 0.25) is 0 Å². The third-order valence-corrected chi connectivity index (χ3v) is 2.69. The van der Waals surface area contributed by atoms with Crippen molar-refractivity contribution < 1.29 is 5.11 Å². The summed E-state index contributed by atoms with van der Waals surface area (Å²) in [6.07, 6.45) is 2.08. The molecule has 0 aromatic carbocycles. The second-order valence-electron chi connectivity index (χ2n) is 2.69. The summed E-state index contributed by atoms with van der Waals surface area (Å²) in [7, 11) is 0. The zero-order chi connectivity index (χ0) is 6.74. The van der Waals surface area contributed by atoms with Crippen molar-refractivity contribution in [2.75, 3.05) is 31.7 Å². The van der Waals surface area contributed by atoms with Crippen LogP contribution in [-0.2, 0) is 0 Å². The molecular weight excluding hydrogens is 170 g/mol. The smallest absolute Gasteiger partial charge is 0.0519 e. The quantitative estimate of drug-likeness (QED) is 0.663. The normalized spacial score (nSPS) is 21.0. The average Bonchev–Trinajstić information content (AvgIpc) is 1.79. The van der Waals surface area contributed by atoms with Gasteiger partial charge in [-0.05, 0) is 6.26 Å². The molecule has 0 saturated carbocycles. The van der Waals surface area contributed by atoms with Gasteiger partial charge in [0.1, 0.15) is 0 Å². The standard InChI is InChI=1S/C6H13NOS.ClH/c1-9-5-6(4-8)2-7-3-6;/h7-8H,2-5H2,1H3;1H. The topological polar surface area (TPSA) is 32.3 Å². The van der Waals surface area contributed by atoms with Crippen LogP contribution < -0.4 is 5.32 Å². The lowest BCUT2D eigenvalue weighted by Crippen LogP contribution is -2.57. The summed E-state index contributed by atoms with van der Waals surface area (Å²) in [5.74, 6) is 1.08. The lowest BCUT2D eigenvalue weighted by molar-refractivity contribution is 0.0918. The molecule has 0 amide bonds. The van der Waals surface area contributed by atoms with E-state index in [1.54, 1.807) is 0 Å². The van der Waals surface area contributed by atoms with Crippen LogP contribution in [0.5, 0.6) is 0 Å². The van der Waals surface area contributed by atoms with Crippen LogP contribution in [0.3, 0.4) is 0 Å². The van der Waals surface area contributed by atoms with E-state index in [1.807, 2.05) is 11.8 Å². The van der Waals surface area contributed by atoms with E-state index in [4.69, 9.17) is 5.11 Å². The first-order chi connectivity index (χ1) is 4.33. The fraction of sp³-hybridized carbons (Fsp3) is 1.00. The third-order valence-electron chi connectivity index (χ3n) is 1.79. The van der Waals surface area contributed by atoms with Crippen molar-refractivity contribution in [3.63, 3.8) is 0 Å². The lowest BCUT2D eigenvalue weighted by atomic mass is 9.85. The Bertz CT molecular complexity index is 92.2. The Morgan fingerprint density at radius 3 is 2.30 bits per heavy atom. The Morgan fingerprint density at radius 1 is 1.60 bits per heavy atom. The Labute approximate surface area is 72.2 Å². The summed E-state index contributed by atoms with van der Waals surface area (Å²) in [5, 5.41) is 12.1. The van der Waals surface area contributed by atoms with Crippen molar-refractivity contribution in [2.45, 2.75) is 0 Å². The molecule has 2 N–H and O–H groups in total. The highest BCUT2D eigenvalue weighted by molar-refractivity contribution is 7.98. The molecule has 1 saturated heterocycles. The van der Waals surface area contributed by atoms with E-state index >= 15 is 0 Å². The maximum absolute atomic E-state index is 8.91. The zero-order valence-corrected chi connectivity index (χ0v) is 7.73. The molecule has 1 aliphatic heterocycles. The summed E-state index contributed by atoms with van der Waals surface area (Å²) in [6.45, 7) is 2.32. The van der Waals surface area contributed by atoms with Gasteiger partial charge in [-0.2, -0.15) is 11.8 Å². The van der Waals surface area contributed by atoms with Gasteiger partial charge in [0.05, 0.1) is 6.61 Å². The third kappa shape index (κ3) is 2.02.